The van der Waals surface area contributed by atoms with E-state index in [1.807, 2.05) is 18.2 Å². The number of fused-ring (bicyclic) bond motifs is 1. The molecule has 0 aliphatic rings. The first-order valence-corrected chi connectivity index (χ1v) is 5.97. The van der Waals surface area contributed by atoms with E-state index < -0.39 is 10.0 Å². The molecule has 0 atom stereocenters. The van der Waals surface area contributed by atoms with Gasteiger partial charge in [-0.3, -0.25) is 4.98 Å². The Morgan fingerprint density at radius 3 is 2.53 bits per heavy atom. The Morgan fingerprint density at radius 2 is 1.87 bits per heavy atom. The monoisotopic (exact) mass is 223 g/mol. The molecular formula is C9H9N3O2S. The minimum absolute atomic E-state index is 0.287. The molecule has 15 heavy (non-hydrogen) atoms. The molecule has 0 fully saturated rings. The van der Waals surface area contributed by atoms with E-state index in [-0.39, 0.29) is 5.75 Å². The average Bonchev–Trinajstić information content (AvgIpc) is 2.15. The Hall–Kier alpha value is -1.53. The molecule has 0 aliphatic heterocycles. The van der Waals surface area contributed by atoms with Gasteiger partial charge >= 0.3 is 0 Å². The number of primary sulfonamides is 1. The van der Waals surface area contributed by atoms with Gasteiger partial charge in [-0.1, -0.05) is 12.1 Å². The molecule has 1 aromatic heterocycles. The van der Waals surface area contributed by atoms with Gasteiger partial charge < -0.3 is 0 Å². The molecule has 5 nitrogen and oxygen atoms in total. The van der Waals surface area contributed by atoms with Crippen molar-refractivity contribution in [3.05, 3.63) is 36.2 Å². The lowest BCUT2D eigenvalue weighted by atomic mass is 10.3. The Morgan fingerprint density at radius 1 is 1.20 bits per heavy atom. The first kappa shape index (κ1) is 10.0. The van der Waals surface area contributed by atoms with Crippen molar-refractivity contribution in [1.82, 2.24) is 9.97 Å². The summed E-state index contributed by atoms with van der Waals surface area (Å²) in [7, 11) is -3.55. The van der Waals surface area contributed by atoms with Gasteiger partial charge in [-0.15, -0.1) is 0 Å². The number of hydrogen-bond donors (Lipinski definition) is 1. The Bertz CT molecular complexity index is 595. The number of para-hydroxylation sites is 2. The molecule has 1 heterocycles. The van der Waals surface area contributed by atoms with Crippen LogP contribution in [-0.4, -0.2) is 18.4 Å². The van der Waals surface area contributed by atoms with E-state index in [0.717, 1.165) is 5.52 Å². The van der Waals surface area contributed by atoms with E-state index in [1.54, 1.807) is 6.07 Å². The molecule has 0 saturated heterocycles. The Balaban J connectivity index is 2.48. The molecule has 6 heteroatoms. The minimum Gasteiger partial charge on any atom is -0.253 e. The van der Waals surface area contributed by atoms with Crippen molar-refractivity contribution >= 4 is 21.1 Å². The highest BCUT2D eigenvalue weighted by Crippen LogP contribution is 2.09. The molecule has 1 aromatic carbocycles. The van der Waals surface area contributed by atoms with Crippen LogP contribution in [0.25, 0.3) is 11.0 Å². The second-order valence-corrected chi connectivity index (χ2v) is 4.77. The summed E-state index contributed by atoms with van der Waals surface area (Å²) in [6.45, 7) is 0. The van der Waals surface area contributed by atoms with E-state index in [1.165, 1.54) is 6.20 Å². The van der Waals surface area contributed by atoms with Crippen LogP contribution >= 0.6 is 0 Å². The summed E-state index contributed by atoms with van der Waals surface area (Å²) in [5, 5.41) is 4.92. The van der Waals surface area contributed by atoms with Gasteiger partial charge in [-0.05, 0) is 12.1 Å². The van der Waals surface area contributed by atoms with Crippen LogP contribution in [0.3, 0.4) is 0 Å². The zero-order valence-electron chi connectivity index (χ0n) is 7.79. The van der Waals surface area contributed by atoms with Crippen molar-refractivity contribution in [1.29, 1.82) is 0 Å². The molecule has 78 valence electrons. The highest BCUT2D eigenvalue weighted by molar-refractivity contribution is 7.88. The maximum Gasteiger partial charge on any atom is 0.214 e. The fourth-order valence-corrected chi connectivity index (χ4v) is 1.82. The second-order valence-electron chi connectivity index (χ2n) is 3.16. The van der Waals surface area contributed by atoms with Gasteiger partial charge in [0.2, 0.25) is 10.0 Å². The number of hydrogen-bond acceptors (Lipinski definition) is 4. The molecular weight excluding hydrogens is 214 g/mol. The average molecular weight is 223 g/mol. The van der Waals surface area contributed by atoms with Gasteiger partial charge in [0, 0.05) is 0 Å². The molecule has 0 aliphatic carbocycles. The van der Waals surface area contributed by atoms with Crippen LogP contribution in [-0.2, 0) is 15.8 Å². The Labute approximate surface area is 87.0 Å². The van der Waals surface area contributed by atoms with Gasteiger partial charge in [-0.2, -0.15) is 0 Å². The normalized spacial score (nSPS) is 11.8. The first-order chi connectivity index (χ1) is 7.04. The number of sulfonamides is 1. The van der Waals surface area contributed by atoms with Gasteiger partial charge in [0.15, 0.2) is 0 Å². The number of aromatic nitrogens is 2. The molecule has 0 unspecified atom stereocenters. The van der Waals surface area contributed by atoms with Crippen LogP contribution in [0.1, 0.15) is 5.69 Å². The third kappa shape index (κ3) is 2.48. The number of rotatable bonds is 2. The Kier molecular flexibility index (Phi) is 2.37. The largest absolute Gasteiger partial charge is 0.253 e. The fourth-order valence-electron chi connectivity index (χ4n) is 1.27. The summed E-state index contributed by atoms with van der Waals surface area (Å²) in [5.74, 6) is -0.287. The summed E-state index contributed by atoms with van der Waals surface area (Å²) in [6, 6.07) is 7.24. The standard InChI is InChI=1S/C9H9N3O2S/c10-15(13,14)6-7-5-11-8-3-1-2-4-9(8)12-7/h1-5H,6H2,(H2,10,13,14). The topological polar surface area (TPSA) is 85.9 Å². The summed E-state index contributed by atoms with van der Waals surface area (Å²) in [6.07, 6.45) is 1.42. The van der Waals surface area contributed by atoms with Crippen molar-refractivity contribution in [2.24, 2.45) is 5.14 Å². The molecule has 2 N–H and O–H groups in total. The van der Waals surface area contributed by atoms with Gasteiger partial charge in [0.1, 0.15) is 5.75 Å². The van der Waals surface area contributed by atoms with Crippen molar-refractivity contribution in [3.8, 4) is 0 Å². The highest BCUT2D eigenvalue weighted by Gasteiger charge is 2.07. The molecule has 2 aromatic rings. The quantitative estimate of drug-likeness (QED) is 0.799. The summed E-state index contributed by atoms with van der Waals surface area (Å²) >= 11 is 0. The molecule has 0 bridgehead atoms. The number of nitrogens with two attached hydrogens (primary N) is 1. The number of nitrogens with zero attached hydrogens (tertiary/aromatic N) is 2. The lowest BCUT2D eigenvalue weighted by molar-refractivity contribution is 0.596. The van der Waals surface area contributed by atoms with Crippen LogP contribution in [0.4, 0.5) is 0 Å². The zero-order valence-corrected chi connectivity index (χ0v) is 8.61. The number of benzene rings is 1. The molecule has 0 radical (unpaired) electrons. The van der Waals surface area contributed by atoms with Crippen LogP contribution in [0.5, 0.6) is 0 Å². The summed E-state index contributed by atoms with van der Waals surface area (Å²) in [4.78, 5) is 8.22. The smallest absolute Gasteiger partial charge is 0.214 e. The van der Waals surface area contributed by atoms with E-state index in [0.29, 0.717) is 11.2 Å². The van der Waals surface area contributed by atoms with Crippen molar-refractivity contribution in [2.75, 3.05) is 0 Å². The summed E-state index contributed by atoms with van der Waals surface area (Å²) in [5.41, 5.74) is 1.76. The van der Waals surface area contributed by atoms with Crippen LogP contribution < -0.4 is 5.14 Å². The molecule has 0 saturated carbocycles. The predicted octanol–water partition coefficient (Wildman–Crippen LogP) is 0.418. The third-order valence-corrected chi connectivity index (χ3v) is 2.55. The highest BCUT2D eigenvalue weighted by atomic mass is 32.2. The molecule has 0 spiro atoms. The molecule has 0 amide bonds. The maximum atomic E-state index is 10.8. The third-order valence-electron chi connectivity index (χ3n) is 1.85. The predicted molar refractivity (Wildman–Crippen MR) is 56.3 cm³/mol. The van der Waals surface area contributed by atoms with E-state index in [4.69, 9.17) is 5.14 Å². The molecule has 2 rings (SSSR count). The lowest BCUT2D eigenvalue weighted by Crippen LogP contribution is -2.15. The first-order valence-electron chi connectivity index (χ1n) is 4.26. The van der Waals surface area contributed by atoms with Crippen molar-refractivity contribution in [3.63, 3.8) is 0 Å². The van der Waals surface area contributed by atoms with Crippen LogP contribution in [0, 0.1) is 0 Å². The van der Waals surface area contributed by atoms with E-state index >= 15 is 0 Å². The maximum absolute atomic E-state index is 10.8. The van der Waals surface area contributed by atoms with Crippen molar-refractivity contribution in [2.45, 2.75) is 5.75 Å². The lowest BCUT2D eigenvalue weighted by Gasteiger charge is -2.00. The van der Waals surface area contributed by atoms with Gasteiger partial charge in [-0.25, -0.2) is 18.5 Å². The van der Waals surface area contributed by atoms with E-state index in [9.17, 15) is 8.42 Å². The van der Waals surface area contributed by atoms with Gasteiger partial charge in [0.25, 0.3) is 0 Å². The van der Waals surface area contributed by atoms with Crippen molar-refractivity contribution < 1.29 is 8.42 Å². The zero-order chi connectivity index (χ0) is 10.9. The van der Waals surface area contributed by atoms with Crippen LogP contribution in [0.15, 0.2) is 30.5 Å². The minimum atomic E-state index is -3.55. The van der Waals surface area contributed by atoms with E-state index in [2.05, 4.69) is 9.97 Å². The summed E-state index contributed by atoms with van der Waals surface area (Å²) < 4.78 is 21.7. The van der Waals surface area contributed by atoms with Crippen LogP contribution in [0.2, 0.25) is 0 Å². The second kappa shape index (κ2) is 3.56. The fraction of sp³-hybridized carbons (Fsp3) is 0.111. The SMILES string of the molecule is NS(=O)(=O)Cc1cnc2ccccc2n1. The van der Waals surface area contributed by atoms with Gasteiger partial charge in [0.05, 0.1) is 22.9 Å².